The van der Waals surface area contributed by atoms with E-state index >= 15 is 0 Å². The van der Waals surface area contributed by atoms with Crippen LogP contribution in [0.3, 0.4) is 0 Å². The predicted molar refractivity (Wildman–Crippen MR) is 94.5 cm³/mol. The Labute approximate surface area is 146 Å². The minimum Gasteiger partial charge on any atom is -0.494 e. The molecular formula is C18H25BrN2O2. The van der Waals surface area contributed by atoms with Crippen LogP contribution in [0.4, 0.5) is 0 Å². The summed E-state index contributed by atoms with van der Waals surface area (Å²) in [5.74, 6) is 1.32. The normalized spacial score (nSPS) is 21.0. The Morgan fingerprint density at radius 3 is 2.87 bits per heavy atom. The summed E-state index contributed by atoms with van der Waals surface area (Å²) >= 11 is 3.53. The van der Waals surface area contributed by atoms with Crippen LogP contribution in [0.1, 0.15) is 38.2 Å². The first-order valence-electron chi connectivity index (χ1n) is 8.61. The average Bonchev–Trinajstić information content (AvgIpc) is 3.40. The Hall–Kier alpha value is -1.07. The zero-order valence-electron chi connectivity index (χ0n) is 13.7. The molecule has 1 aliphatic carbocycles. The number of halogens is 1. The molecule has 1 saturated carbocycles. The molecule has 1 aliphatic heterocycles. The van der Waals surface area contributed by atoms with Crippen molar-refractivity contribution in [3.8, 4) is 5.75 Å². The van der Waals surface area contributed by atoms with Gasteiger partial charge in [-0.1, -0.05) is 15.9 Å². The van der Waals surface area contributed by atoms with Gasteiger partial charge in [-0.25, -0.2) is 0 Å². The molecule has 1 atom stereocenters. The van der Waals surface area contributed by atoms with E-state index in [-0.39, 0.29) is 5.92 Å². The highest BCUT2D eigenvalue weighted by Gasteiger charge is 2.36. The standard InChI is InChI=1S/C18H25BrN2O2/c1-2-23-17-8-5-15(19)10-14(17)12-21(16-6-7-16)18(22)13-4-3-9-20-11-13/h5,8,10,13,16,20H,2-4,6-7,9,11-12H2,1H3. The van der Waals surface area contributed by atoms with E-state index in [1.165, 1.54) is 0 Å². The lowest BCUT2D eigenvalue weighted by molar-refractivity contribution is -0.137. The van der Waals surface area contributed by atoms with Crippen LogP contribution in [-0.2, 0) is 11.3 Å². The summed E-state index contributed by atoms with van der Waals surface area (Å²) in [6.45, 7) is 5.13. The number of ether oxygens (including phenoxy) is 1. The van der Waals surface area contributed by atoms with Crippen LogP contribution in [-0.4, -0.2) is 36.5 Å². The minimum absolute atomic E-state index is 0.132. The van der Waals surface area contributed by atoms with Crippen molar-refractivity contribution in [2.75, 3.05) is 19.7 Å². The first-order chi connectivity index (χ1) is 11.2. The van der Waals surface area contributed by atoms with Crippen LogP contribution in [0.25, 0.3) is 0 Å². The third kappa shape index (κ3) is 4.27. The molecule has 1 amide bonds. The molecule has 0 radical (unpaired) electrons. The molecule has 1 unspecified atom stereocenters. The van der Waals surface area contributed by atoms with Gasteiger partial charge >= 0.3 is 0 Å². The zero-order valence-corrected chi connectivity index (χ0v) is 15.3. The maximum absolute atomic E-state index is 13.0. The molecule has 2 fully saturated rings. The number of rotatable bonds is 6. The molecule has 4 nitrogen and oxygen atoms in total. The van der Waals surface area contributed by atoms with Crippen LogP contribution < -0.4 is 10.1 Å². The van der Waals surface area contributed by atoms with Crippen LogP contribution in [0.5, 0.6) is 5.75 Å². The fraction of sp³-hybridized carbons (Fsp3) is 0.611. The van der Waals surface area contributed by atoms with Gasteiger partial charge in [-0.15, -0.1) is 0 Å². The largest absolute Gasteiger partial charge is 0.494 e. The molecule has 1 N–H and O–H groups in total. The molecule has 1 heterocycles. The molecule has 0 spiro atoms. The fourth-order valence-electron chi connectivity index (χ4n) is 3.22. The lowest BCUT2D eigenvalue weighted by Crippen LogP contribution is -2.43. The summed E-state index contributed by atoms with van der Waals surface area (Å²) in [5.41, 5.74) is 1.09. The highest BCUT2D eigenvalue weighted by molar-refractivity contribution is 9.10. The Kier molecular flexibility index (Phi) is 5.59. The Bertz CT molecular complexity index is 554. The number of hydrogen-bond donors (Lipinski definition) is 1. The van der Waals surface area contributed by atoms with Crippen molar-refractivity contribution < 1.29 is 9.53 Å². The Morgan fingerprint density at radius 2 is 2.22 bits per heavy atom. The van der Waals surface area contributed by atoms with E-state index in [2.05, 4.69) is 32.2 Å². The lowest BCUT2D eigenvalue weighted by Gasteiger charge is -2.30. The summed E-state index contributed by atoms with van der Waals surface area (Å²) in [6.07, 6.45) is 4.36. The molecule has 0 aromatic heterocycles. The summed E-state index contributed by atoms with van der Waals surface area (Å²) in [7, 11) is 0. The van der Waals surface area contributed by atoms with Gasteiger partial charge in [0.15, 0.2) is 0 Å². The first kappa shape index (κ1) is 16.8. The Balaban J connectivity index is 1.77. The van der Waals surface area contributed by atoms with E-state index in [0.717, 1.165) is 54.6 Å². The molecule has 5 heteroatoms. The number of piperidine rings is 1. The molecule has 0 bridgehead atoms. The van der Waals surface area contributed by atoms with Gasteiger partial charge in [-0.3, -0.25) is 4.79 Å². The summed E-state index contributed by atoms with van der Waals surface area (Å²) in [5, 5.41) is 3.35. The van der Waals surface area contributed by atoms with Gasteiger partial charge in [-0.2, -0.15) is 0 Å². The molecule has 3 rings (SSSR count). The van der Waals surface area contributed by atoms with Gasteiger partial charge in [0.25, 0.3) is 0 Å². The SMILES string of the molecule is CCOc1ccc(Br)cc1CN(C(=O)C1CCCNC1)C1CC1. The maximum Gasteiger partial charge on any atom is 0.227 e. The van der Waals surface area contributed by atoms with Crippen molar-refractivity contribution in [3.63, 3.8) is 0 Å². The van der Waals surface area contributed by atoms with E-state index in [1.54, 1.807) is 0 Å². The van der Waals surface area contributed by atoms with E-state index in [1.807, 2.05) is 19.1 Å². The lowest BCUT2D eigenvalue weighted by atomic mass is 9.97. The van der Waals surface area contributed by atoms with Gasteiger partial charge < -0.3 is 15.0 Å². The quantitative estimate of drug-likeness (QED) is 0.822. The van der Waals surface area contributed by atoms with Crippen molar-refractivity contribution in [2.24, 2.45) is 5.92 Å². The summed E-state index contributed by atoms with van der Waals surface area (Å²) in [6, 6.07) is 6.47. The zero-order chi connectivity index (χ0) is 16.2. The van der Waals surface area contributed by atoms with Gasteiger partial charge in [0.2, 0.25) is 5.91 Å². The van der Waals surface area contributed by atoms with Gasteiger partial charge in [0.1, 0.15) is 5.75 Å². The number of carbonyl (C=O) groups is 1. The van der Waals surface area contributed by atoms with Crippen molar-refractivity contribution >= 4 is 21.8 Å². The Morgan fingerprint density at radius 1 is 1.39 bits per heavy atom. The second-order valence-electron chi connectivity index (χ2n) is 6.43. The van der Waals surface area contributed by atoms with E-state index < -0.39 is 0 Å². The van der Waals surface area contributed by atoms with Gasteiger partial charge in [0, 0.05) is 29.2 Å². The molecule has 126 valence electrons. The summed E-state index contributed by atoms with van der Waals surface area (Å²) < 4.78 is 6.77. The van der Waals surface area contributed by atoms with Crippen molar-refractivity contribution in [1.82, 2.24) is 10.2 Å². The molecule has 1 aromatic rings. The van der Waals surface area contributed by atoms with Crippen molar-refractivity contribution in [1.29, 1.82) is 0 Å². The molecule has 23 heavy (non-hydrogen) atoms. The van der Waals surface area contributed by atoms with Crippen LogP contribution >= 0.6 is 15.9 Å². The minimum atomic E-state index is 0.132. The number of benzene rings is 1. The fourth-order valence-corrected chi connectivity index (χ4v) is 3.63. The van der Waals surface area contributed by atoms with E-state index in [4.69, 9.17) is 4.74 Å². The van der Waals surface area contributed by atoms with Crippen LogP contribution in [0, 0.1) is 5.92 Å². The average molecular weight is 381 g/mol. The molecular weight excluding hydrogens is 356 g/mol. The maximum atomic E-state index is 13.0. The van der Waals surface area contributed by atoms with Gasteiger partial charge in [0.05, 0.1) is 12.5 Å². The number of hydrogen-bond acceptors (Lipinski definition) is 3. The highest BCUT2D eigenvalue weighted by Crippen LogP contribution is 2.33. The van der Waals surface area contributed by atoms with Crippen LogP contribution in [0.2, 0.25) is 0 Å². The smallest absolute Gasteiger partial charge is 0.227 e. The second-order valence-corrected chi connectivity index (χ2v) is 7.34. The number of nitrogens with zero attached hydrogens (tertiary/aromatic N) is 1. The van der Waals surface area contributed by atoms with E-state index in [9.17, 15) is 4.79 Å². The van der Waals surface area contributed by atoms with Crippen LogP contribution in [0.15, 0.2) is 22.7 Å². The third-order valence-corrected chi connectivity index (χ3v) is 5.07. The molecule has 2 aliphatic rings. The monoisotopic (exact) mass is 380 g/mol. The highest BCUT2D eigenvalue weighted by atomic mass is 79.9. The van der Waals surface area contributed by atoms with Crippen molar-refractivity contribution in [3.05, 3.63) is 28.2 Å². The summed E-state index contributed by atoms with van der Waals surface area (Å²) in [4.78, 5) is 15.1. The molecule has 1 saturated heterocycles. The second kappa shape index (κ2) is 7.67. The predicted octanol–water partition coefficient (Wildman–Crippen LogP) is 3.34. The van der Waals surface area contributed by atoms with Gasteiger partial charge in [-0.05, 0) is 57.4 Å². The number of carbonyl (C=O) groups excluding carboxylic acids is 1. The van der Waals surface area contributed by atoms with E-state index in [0.29, 0.717) is 25.1 Å². The topological polar surface area (TPSA) is 41.6 Å². The first-order valence-corrected chi connectivity index (χ1v) is 9.40. The third-order valence-electron chi connectivity index (χ3n) is 4.58. The number of nitrogens with one attached hydrogen (secondary N) is 1. The molecule has 1 aromatic carbocycles. The number of amides is 1. The van der Waals surface area contributed by atoms with Crippen molar-refractivity contribution in [2.45, 2.75) is 45.2 Å².